The summed E-state index contributed by atoms with van der Waals surface area (Å²) in [6.45, 7) is 1.97. The first-order valence-electron chi connectivity index (χ1n) is 8.01. The molecule has 0 spiro atoms. The van der Waals surface area contributed by atoms with Gasteiger partial charge in [-0.15, -0.1) is 10.2 Å². The summed E-state index contributed by atoms with van der Waals surface area (Å²) in [7, 11) is 0. The normalized spacial score (nSPS) is 11.0. The largest absolute Gasteiger partial charge is 0.360 e. The minimum absolute atomic E-state index is 0.609. The number of thioether (sulfide) groups is 1. The highest BCUT2D eigenvalue weighted by atomic mass is 35.5. The molecule has 0 atom stereocenters. The predicted octanol–water partition coefficient (Wildman–Crippen LogP) is 5.18. The first-order chi connectivity index (χ1) is 12.7. The van der Waals surface area contributed by atoms with Crippen LogP contribution in [0.4, 0.5) is 0 Å². The molecule has 0 aliphatic carbocycles. The van der Waals surface area contributed by atoms with E-state index in [1.165, 1.54) is 11.8 Å². The summed E-state index contributed by atoms with van der Waals surface area (Å²) in [4.78, 5) is 0. The van der Waals surface area contributed by atoms with Crippen LogP contribution in [-0.4, -0.2) is 19.9 Å². The number of nitrogens with zero attached hydrogens (tertiary/aromatic N) is 4. The molecular formula is C19H15ClN4OS. The van der Waals surface area contributed by atoms with Gasteiger partial charge in [0, 0.05) is 16.7 Å². The Morgan fingerprint density at radius 1 is 1.12 bits per heavy atom. The van der Waals surface area contributed by atoms with E-state index in [1.807, 2.05) is 66.1 Å². The van der Waals surface area contributed by atoms with Gasteiger partial charge in [0.2, 0.25) is 0 Å². The van der Waals surface area contributed by atoms with Crippen molar-refractivity contribution in [2.45, 2.75) is 17.8 Å². The Balaban J connectivity index is 1.50. The van der Waals surface area contributed by atoms with Gasteiger partial charge in [-0.3, -0.25) is 4.57 Å². The third-order valence-electron chi connectivity index (χ3n) is 3.92. The average Bonchev–Trinajstić information content (AvgIpc) is 3.32. The fourth-order valence-electron chi connectivity index (χ4n) is 2.49. The van der Waals surface area contributed by atoms with Crippen molar-refractivity contribution in [3.63, 3.8) is 0 Å². The van der Waals surface area contributed by atoms with Crippen molar-refractivity contribution in [3.8, 4) is 16.9 Å². The zero-order valence-corrected chi connectivity index (χ0v) is 15.5. The van der Waals surface area contributed by atoms with Crippen molar-refractivity contribution in [1.29, 1.82) is 0 Å². The molecule has 5 nitrogen and oxygen atoms in total. The molecule has 4 aromatic rings. The van der Waals surface area contributed by atoms with Crippen molar-refractivity contribution >= 4 is 23.4 Å². The summed E-state index contributed by atoms with van der Waals surface area (Å²) < 4.78 is 7.36. The van der Waals surface area contributed by atoms with Crippen molar-refractivity contribution < 1.29 is 4.52 Å². The van der Waals surface area contributed by atoms with Gasteiger partial charge in [-0.1, -0.05) is 64.9 Å². The van der Waals surface area contributed by atoms with E-state index in [0.29, 0.717) is 5.75 Å². The van der Waals surface area contributed by atoms with Gasteiger partial charge in [0.05, 0.1) is 11.4 Å². The number of aromatic nitrogens is 4. The summed E-state index contributed by atoms with van der Waals surface area (Å²) in [5.74, 6) is 1.39. The smallest absolute Gasteiger partial charge is 0.196 e. The van der Waals surface area contributed by atoms with Crippen molar-refractivity contribution in [2.75, 3.05) is 0 Å². The van der Waals surface area contributed by atoms with Crippen molar-refractivity contribution in [1.82, 2.24) is 19.9 Å². The number of aryl methyl sites for hydroxylation is 1. The Morgan fingerprint density at radius 2 is 1.96 bits per heavy atom. The second kappa shape index (κ2) is 7.35. The fourth-order valence-corrected chi connectivity index (χ4v) is 3.47. The Bertz CT molecular complexity index is 1030. The molecule has 130 valence electrons. The van der Waals surface area contributed by atoms with Crippen LogP contribution in [-0.2, 0) is 5.75 Å². The van der Waals surface area contributed by atoms with E-state index in [9.17, 15) is 0 Å². The van der Waals surface area contributed by atoms with Crippen LogP contribution < -0.4 is 0 Å². The maximum absolute atomic E-state index is 6.23. The topological polar surface area (TPSA) is 56.7 Å². The molecule has 0 aliphatic rings. The number of hydrogen-bond acceptors (Lipinski definition) is 5. The second-order valence-electron chi connectivity index (χ2n) is 5.75. The Morgan fingerprint density at radius 3 is 2.77 bits per heavy atom. The Labute approximate surface area is 160 Å². The van der Waals surface area contributed by atoms with Gasteiger partial charge in [-0.2, -0.15) is 0 Å². The summed E-state index contributed by atoms with van der Waals surface area (Å²) in [6, 6.07) is 17.8. The first-order valence-corrected chi connectivity index (χ1v) is 9.37. The van der Waals surface area contributed by atoms with E-state index in [2.05, 4.69) is 15.4 Å². The molecule has 2 heterocycles. The van der Waals surface area contributed by atoms with Crippen LogP contribution in [0.2, 0.25) is 5.02 Å². The zero-order chi connectivity index (χ0) is 17.9. The molecular weight excluding hydrogens is 368 g/mol. The molecule has 0 aliphatic heterocycles. The van der Waals surface area contributed by atoms with Gasteiger partial charge in [0.1, 0.15) is 17.8 Å². The van der Waals surface area contributed by atoms with Crippen molar-refractivity contribution in [2.24, 2.45) is 0 Å². The standard InChI is InChI=1S/C19H15ClN4OS/c1-13-7-8-15(9-17(13)20)24-12-21-22-19(24)26-11-16-10-18(23-25-16)14-5-3-2-4-6-14/h2-10,12H,11H2,1H3. The Hall–Kier alpha value is -2.57. The molecule has 0 unspecified atom stereocenters. The number of halogens is 1. The lowest BCUT2D eigenvalue weighted by Gasteiger charge is -2.07. The van der Waals surface area contributed by atoms with E-state index >= 15 is 0 Å². The molecule has 26 heavy (non-hydrogen) atoms. The molecule has 0 amide bonds. The van der Waals surface area contributed by atoms with Crippen LogP contribution in [0.1, 0.15) is 11.3 Å². The molecule has 0 saturated heterocycles. The number of rotatable bonds is 5. The van der Waals surface area contributed by atoms with Gasteiger partial charge in [-0.05, 0) is 24.6 Å². The highest BCUT2D eigenvalue weighted by Gasteiger charge is 2.12. The monoisotopic (exact) mass is 382 g/mol. The lowest BCUT2D eigenvalue weighted by molar-refractivity contribution is 0.397. The molecule has 0 bridgehead atoms. The highest BCUT2D eigenvalue weighted by molar-refractivity contribution is 7.98. The summed E-state index contributed by atoms with van der Waals surface area (Å²) in [6.07, 6.45) is 1.68. The molecule has 2 aromatic carbocycles. The van der Waals surface area contributed by atoms with E-state index in [0.717, 1.165) is 38.4 Å². The van der Waals surface area contributed by atoms with E-state index in [4.69, 9.17) is 16.1 Å². The molecule has 4 rings (SSSR count). The molecule has 0 fully saturated rings. The quantitative estimate of drug-likeness (QED) is 0.445. The molecule has 0 saturated carbocycles. The van der Waals surface area contributed by atoms with Gasteiger partial charge >= 0.3 is 0 Å². The van der Waals surface area contributed by atoms with Crippen molar-refractivity contribution in [3.05, 3.63) is 77.3 Å². The molecule has 0 N–H and O–H groups in total. The fraction of sp³-hybridized carbons (Fsp3) is 0.105. The average molecular weight is 383 g/mol. The summed E-state index contributed by atoms with van der Waals surface area (Å²) >= 11 is 7.77. The van der Waals surface area contributed by atoms with Gasteiger partial charge < -0.3 is 4.52 Å². The van der Waals surface area contributed by atoms with Crippen LogP contribution in [0.25, 0.3) is 16.9 Å². The molecule has 2 aromatic heterocycles. The molecule has 0 radical (unpaired) electrons. The highest BCUT2D eigenvalue weighted by Crippen LogP contribution is 2.27. The summed E-state index contributed by atoms with van der Waals surface area (Å²) in [5, 5.41) is 13.8. The van der Waals surface area contributed by atoms with Gasteiger partial charge in [0.25, 0.3) is 0 Å². The van der Waals surface area contributed by atoms with Crippen LogP contribution in [0.3, 0.4) is 0 Å². The third kappa shape index (κ3) is 3.52. The zero-order valence-electron chi connectivity index (χ0n) is 14.0. The van der Waals surface area contributed by atoms with E-state index in [1.54, 1.807) is 6.33 Å². The SMILES string of the molecule is Cc1ccc(-n2cnnc2SCc2cc(-c3ccccc3)no2)cc1Cl. The van der Waals surface area contributed by atoms with Crippen LogP contribution in [0.5, 0.6) is 0 Å². The summed E-state index contributed by atoms with van der Waals surface area (Å²) in [5.41, 5.74) is 3.82. The Kier molecular flexibility index (Phi) is 4.77. The maximum Gasteiger partial charge on any atom is 0.196 e. The van der Waals surface area contributed by atoms with E-state index < -0.39 is 0 Å². The predicted molar refractivity (Wildman–Crippen MR) is 103 cm³/mol. The minimum Gasteiger partial charge on any atom is -0.360 e. The van der Waals surface area contributed by atoms with Gasteiger partial charge in [-0.25, -0.2) is 0 Å². The van der Waals surface area contributed by atoms with Gasteiger partial charge in [0.15, 0.2) is 5.16 Å². The van der Waals surface area contributed by atoms with Crippen LogP contribution in [0, 0.1) is 6.92 Å². The first kappa shape index (κ1) is 16.9. The lowest BCUT2D eigenvalue weighted by atomic mass is 10.1. The lowest BCUT2D eigenvalue weighted by Crippen LogP contribution is -1.95. The molecule has 7 heteroatoms. The minimum atomic E-state index is 0.609. The number of benzene rings is 2. The second-order valence-corrected chi connectivity index (χ2v) is 7.10. The third-order valence-corrected chi connectivity index (χ3v) is 5.29. The van der Waals surface area contributed by atoms with Crippen LogP contribution in [0.15, 0.2) is 70.6 Å². The number of hydrogen-bond donors (Lipinski definition) is 0. The maximum atomic E-state index is 6.23. The van der Waals surface area contributed by atoms with E-state index in [-0.39, 0.29) is 0 Å². The van der Waals surface area contributed by atoms with Crippen LogP contribution >= 0.6 is 23.4 Å².